The van der Waals surface area contributed by atoms with E-state index in [2.05, 4.69) is 0 Å². The molecule has 88 valence electrons. The van der Waals surface area contributed by atoms with Crippen LogP contribution in [-0.4, -0.2) is 22.3 Å². The molecule has 0 amide bonds. The van der Waals surface area contributed by atoms with E-state index in [1.165, 1.54) is 0 Å². The van der Waals surface area contributed by atoms with Crippen molar-refractivity contribution in [2.45, 2.75) is 58.0 Å². The van der Waals surface area contributed by atoms with Crippen molar-refractivity contribution in [1.29, 1.82) is 0 Å². The molecular formula is C12H22O3. The lowest BCUT2D eigenvalue weighted by Crippen LogP contribution is -1.98. The van der Waals surface area contributed by atoms with Crippen molar-refractivity contribution in [1.82, 2.24) is 0 Å². The van der Waals surface area contributed by atoms with E-state index in [0.29, 0.717) is 0 Å². The summed E-state index contributed by atoms with van der Waals surface area (Å²) in [4.78, 5) is 10.2. The predicted octanol–water partition coefficient (Wildman–Crippen LogP) is 2.74. The van der Waals surface area contributed by atoms with E-state index < -0.39 is 5.97 Å². The van der Waals surface area contributed by atoms with Gasteiger partial charge in [-0.1, -0.05) is 31.4 Å². The van der Waals surface area contributed by atoms with Gasteiger partial charge in [-0.15, -0.1) is 0 Å². The highest BCUT2D eigenvalue weighted by Crippen LogP contribution is 2.07. The maximum Gasteiger partial charge on any atom is 0.307 e. The van der Waals surface area contributed by atoms with Crippen molar-refractivity contribution < 1.29 is 15.0 Å². The summed E-state index contributed by atoms with van der Waals surface area (Å²) in [5, 5.41) is 17.4. The third-order valence-corrected chi connectivity index (χ3v) is 2.20. The smallest absolute Gasteiger partial charge is 0.307 e. The molecular weight excluding hydrogens is 192 g/mol. The largest absolute Gasteiger partial charge is 0.481 e. The molecule has 0 aromatic rings. The van der Waals surface area contributed by atoms with Gasteiger partial charge < -0.3 is 10.2 Å². The third-order valence-electron chi connectivity index (χ3n) is 2.20. The standard InChI is InChI=1S/C12H22O3/c1-11(13)9-7-5-3-2-4-6-8-10-12(14)15/h6,8,11,13H,2-5,7,9-10H2,1H3,(H,14,15)/t11-/m1/s1. The Morgan fingerprint density at radius 3 is 2.47 bits per heavy atom. The Bertz CT molecular complexity index is 185. The second-order valence-corrected chi connectivity index (χ2v) is 3.91. The van der Waals surface area contributed by atoms with Crippen molar-refractivity contribution >= 4 is 5.97 Å². The van der Waals surface area contributed by atoms with Gasteiger partial charge in [0.05, 0.1) is 12.5 Å². The van der Waals surface area contributed by atoms with Crippen LogP contribution in [0, 0.1) is 0 Å². The van der Waals surface area contributed by atoms with Gasteiger partial charge in [0.25, 0.3) is 0 Å². The molecule has 0 saturated heterocycles. The number of hydrogen-bond acceptors (Lipinski definition) is 2. The van der Waals surface area contributed by atoms with E-state index >= 15 is 0 Å². The summed E-state index contributed by atoms with van der Waals surface area (Å²) in [7, 11) is 0. The van der Waals surface area contributed by atoms with Gasteiger partial charge >= 0.3 is 5.97 Å². The fourth-order valence-corrected chi connectivity index (χ4v) is 1.36. The number of aliphatic hydroxyl groups excluding tert-OH is 1. The summed E-state index contributed by atoms with van der Waals surface area (Å²) in [6.07, 6.45) is 9.93. The molecule has 0 heterocycles. The van der Waals surface area contributed by atoms with Crippen molar-refractivity contribution in [3.8, 4) is 0 Å². The molecule has 2 N–H and O–H groups in total. The number of rotatable bonds is 9. The zero-order chi connectivity index (χ0) is 11.5. The molecule has 0 aliphatic carbocycles. The summed E-state index contributed by atoms with van der Waals surface area (Å²) in [6.45, 7) is 1.81. The number of carboxylic acids is 1. The summed E-state index contributed by atoms with van der Waals surface area (Å²) in [5.74, 6) is -0.775. The molecule has 0 spiro atoms. The van der Waals surface area contributed by atoms with Gasteiger partial charge in [-0.3, -0.25) is 4.79 Å². The molecule has 0 bridgehead atoms. The predicted molar refractivity (Wildman–Crippen MR) is 60.8 cm³/mol. The first-order valence-electron chi connectivity index (χ1n) is 5.67. The minimum atomic E-state index is -0.775. The van der Waals surface area contributed by atoms with E-state index in [4.69, 9.17) is 10.2 Å². The maximum atomic E-state index is 10.2. The lowest BCUT2D eigenvalue weighted by molar-refractivity contribution is -0.136. The molecule has 0 aliphatic heterocycles. The molecule has 3 nitrogen and oxygen atoms in total. The quantitative estimate of drug-likeness (QED) is 0.458. The van der Waals surface area contributed by atoms with Gasteiger partial charge in [0.2, 0.25) is 0 Å². The average molecular weight is 214 g/mol. The highest BCUT2D eigenvalue weighted by molar-refractivity contribution is 5.68. The Hall–Kier alpha value is -0.830. The monoisotopic (exact) mass is 214 g/mol. The molecule has 0 unspecified atom stereocenters. The van der Waals surface area contributed by atoms with Gasteiger partial charge in [0.15, 0.2) is 0 Å². The van der Waals surface area contributed by atoms with Crippen LogP contribution in [0.25, 0.3) is 0 Å². The van der Waals surface area contributed by atoms with Crippen molar-refractivity contribution in [3.05, 3.63) is 12.2 Å². The SMILES string of the molecule is C[C@@H](O)CCCCCCC=CCC(=O)O. The van der Waals surface area contributed by atoms with E-state index in [1.807, 2.05) is 13.0 Å². The van der Waals surface area contributed by atoms with Gasteiger partial charge in [0.1, 0.15) is 0 Å². The third kappa shape index (κ3) is 13.2. The number of aliphatic hydroxyl groups is 1. The molecule has 0 aromatic carbocycles. The van der Waals surface area contributed by atoms with Gasteiger partial charge in [0, 0.05) is 0 Å². The highest BCUT2D eigenvalue weighted by atomic mass is 16.4. The van der Waals surface area contributed by atoms with Crippen LogP contribution in [0.4, 0.5) is 0 Å². The lowest BCUT2D eigenvalue weighted by Gasteiger charge is -2.02. The molecule has 3 heteroatoms. The highest BCUT2D eigenvalue weighted by Gasteiger charge is 1.94. The number of allylic oxidation sites excluding steroid dienone is 1. The summed E-state index contributed by atoms with van der Waals surface area (Å²) in [5.41, 5.74) is 0. The molecule has 0 aliphatic rings. The minimum Gasteiger partial charge on any atom is -0.481 e. The molecule has 15 heavy (non-hydrogen) atoms. The molecule has 1 atom stereocenters. The van der Waals surface area contributed by atoms with E-state index in [1.54, 1.807) is 6.08 Å². The zero-order valence-electron chi connectivity index (χ0n) is 9.48. The lowest BCUT2D eigenvalue weighted by atomic mass is 10.1. The summed E-state index contributed by atoms with van der Waals surface area (Å²) in [6, 6.07) is 0. The fourth-order valence-electron chi connectivity index (χ4n) is 1.36. The van der Waals surface area contributed by atoms with E-state index in [9.17, 15) is 4.79 Å². The Balaban J connectivity index is 3.11. The van der Waals surface area contributed by atoms with Crippen LogP contribution in [0.1, 0.15) is 51.9 Å². The molecule has 0 saturated carbocycles. The van der Waals surface area contributed by atoms with Gasteiger partial charge in [-0.2, -0.15) is 0 Å². The number of carbonyl (C=O) groups is 1. The summed E-state index contributed by atoms with van der Waals surface area (Å²) < 4.78 is 0. The second-order valence-electron chi connectivity index (χ2n) is 3.91. The van der Waals surface area contributed by atoms with Crippen molar-refractivity contribution in [3.63, 3.8) is 0 Å². The van der Waals surface area contributed by atoms with Crippen LogP contribution in [-0.2, 0) is 4.79 Å². The van der Waals surface area contributed by atoms with Gasteiger partial charge in [-0.25, -0.2) is 0 Å². The van der Waals surface area contributed by atoms with E-state index in [-0.39, 0.29) is 12.5 Å². The zero-order valence-corrected chi connectivity index (χ0v) is 9.48. The molecule has 0 radical (unpaired) electrons. The topological polar surface area (TPSA) is 57.5 Å². The van der Waals surface area contributed by atoms with Crippen LogP contribution in [0.2, 0.25) is 0 Å². The number of unbranched alkanes of at least 4 members (excludes halogenated alkanes) is 4. The van der Waals surface area contributed by atoms with Crippen molar-refractivity contribution in [2.75, 3.05) is 0 Å². The van der Waals surface area contributed by atoms with E-state index in [0.717, 1.165) is 38.5 Å². The first-order valence-corrected chi connectivity index (χ1v) is 5.67. The summed E-state index contributed by atoms with van der Waals surface area (Å²) >= 11 is 0. The number of carboxylic acid groups (broad SMARTS) is 1. The Labute approximate surface area is 91.8 Å². The average Bonchev–Trinajstić information content (AvgIpc) is 2.14. The van der Waals surface area contributed by atoms with Crippen LogP contribution in [0.3, 0.4) is 0 Å². The van der Waals surface area contributed by atoms with Crippen LogP contribution in [0.5, 0.6) is 0 Å². The normalized spacial score (nSPS) is 13.2. The Morgan fingerprint density at radius 1 is 1.20 bits per heavy atom. The maximum absolute atomic E-state index is 10.2. The van der Waals surface area contributed by atoms with Crippen molar-refractivity contribution in [2.24, 2.45) is 0 Å². The first-order chi connectivity index (χ1) is 7.13. The fraction of sp³-hybridized carbons (Fsp3) is 0.750. The Kier molecular flexibility index (Phi) is 9.18. The van der Waals surface area contributed by atoms with Crippen LogP contribution >= 0.6 is 0 Å². The second kappa shape index (κ2) is 9.71. The molecule has 0 rings (SSSR count). The van der Waals surface area contributed by atoms with Crippen LogP contribution < -0.4 is 0 Å². The number of hydrogen-bond donors (Lipinski definition) is 2. The number of aliphatic carboxylic acids is 1. The molecule has 0 aromatic heterocycles. The molecule has 0 fully saturated rings. The Morgan fingerprint density at radius 2 is 1.87 bits per heavy atom. The minimum absolute atomic E-state index is 0.127. The van der Waals surface area contributed by atoms with Crippen LogP contribution in [0.15, 0.2) is 12.2 Å². The van der Waals surface area contributed by atoms with Gasteiger partial charge in [-0.05, 0) is 26.2 Å². The first kappa shape index (κ1) is 14.2.